The Labute approximate surface area is 128 Å². The van der Waals surface area contributed by atoms with E-state index in [1.54, 1.807) is 32.0 Å². The number of benzene rings is 1. The van der Waals surface area contributed by atoms with Crippen LogP contribution >= 0.6 is 0 Å². The van der Waals surface area contributed by atoms with Crippen molar-refractivity contribution in [3.05, 3.63) is 45.6 Å². The second kappa shape index (κ2) is 5.97. The Kier molecular flexibility index (Phi) is 4.25. The number of rotatable bonds is 3. The van der Waals surface area contributed by atoms with Crippen LogP contribution in [0.4, 0.5) is 11.4 Å². The lowest BCUT2D eigenvalue weighted by Crippen LogP contribution is -2.42. The lowest BCUT2D eigenvalue weighted by molar-refractivity contribution is -0.384. The fraction of sp³-hybridized carbons (Fsp3) is 0.333. The maximum Gasteiger partial charge on any atom is 0.271 e. The summed E-state index contributed by atoms with van der Waals surface area (Å²) in [6, 6.07) is 4.37. The third-order valence-corrected chi connectivity index (χ3v) is 3.42. The number of amides is 1. The number of nitro groups is 1. The Balaban J connectivity index is 2.45. The van der Waals surface area contributed by atoms with Crippen LogP contribution in [0.3, 0.4) is 0 Å². The molecular formula is C15H17N3O4. The van der Waals surface area contributed by atoms with Gasteiger partial charge in [-0.2, -0.15) is 0 Å². The zero-order chi connectivity index (χ0) is 16.4. The van der Waals surface area contributed by atoms with Gasteiger partial charge < -0.3 is 9.80 Å². The minimum atomic E-state index is -0.501. The van der Waals surface area contributed by atoms with E-state index in [-0.39, 0.29) is 30.0 Å². The van der Waals surface area contributed by atoms with Gasteiger partial charge in [0.05, 0.1) is 16.2 Å². The third-order valence-electron chi connectivity index (χ3n) is 3.42. The molecule has 1 aliphatic rings. The second-order valence-corrected chi connectivity index (χ2v) is 5.36. The minimum Gasteiger partial charge on any atom is -0.383 e. The van der Waals surface area contributed by atoms with E-state index in [0.29, 0.717) is 5.69 Å². The predicted octanol–water partition coefficient (Wildman–Crippen LogP) is 1.65. The molecule has 0 atom stereocenters. The molecule has 1 amide bonds. The Morgan fingerprint density at radius 2 is 2.00 bits per heavy atom. The number of Topliss-reactive ketones (excluding diaryl/α,β-unsaturated/α-hetero) is 1. The van der Waals surface area contributed by atoms with Gasteiger partial charge in [0.1, 0.15) is 0 Å². The van der Waals surface area contributed by atoms with Gasteiger partial charge in [-0.05, 0) is 12.5 Å². The number of hydrogen-bond acceptors (Lipinski definition) is 5. The molecule has 1 fully saturated rings. The van der Waals surface area contributed by atoms with Gasteiger partial charge >= 0.3 is 0 Å². The molecule has 0 unspecified atom stereocenters. The first-order valence-corrected chi connectivity index (χ1v) is 6.79. The van der Waals surface area contributed by atoms with Crippen molar-refractivity contribution < 1.29 is 14.5 Å². The summed E-state index contributed by atoms with van der Waals surface area (Å²) >= 11 is 0. The summed E-state index contributed by atoms with van der Waals surface area (Å²) in [7, 11) is 3.45. The number of nitrogens with zero attached hydrogens (tertiary/aromatic N) is 3. The van der Waals surface area contributed by atoms with Crippen LogP contribution in [0.1, 0.15) is 12.0 Å². The Morgan fingerprint density at radius 3 is 2.59 bits per heavy atom. The van der Waals surface area contributed by atoms with Gasteiger partial charge in [-0.25, -0.2) is 0 Å². The van der Waals surface area contributed by atoms with Crippen LogP contribution < -0.4 is 4.90 Å². The zero-order valence-corrected chi connectivity index (χ0v) is 12.7. The van der Waals surface area contributed by atoms with E-state index in [9.17, 15) is 19.7 Å². The fourth-order valence-electron chi connectivity index (χ4n) is 2.33. The maximum absolute atomic E-state index is 12.5. The molecule has 0 saturated carbocycles. The predicted molar refractivity (Wildman–Crippen MR) is 81.6 cm³/mol. The molecule has 7 nitrogen and oxygen atoms in total. The highest BCUT2D eigenvalue weighted by atomic mass is 16.6. The average Bonchev–Trinajstić information content (AvgIpc) is 2.44. The molecule has 0 aliphatic carbocycles. The number of carbonyl (C=O) groups is 2. The van der Waals surface area contributed by atoms with Crippen molar-refractivity contribution in [3.63, 3.8) is 0 Å². The molecular weight excluding hydrogens is 286 g/mol. The highest BCUT2D eigenvalue weighted by Gasteiger charge is 2.32. The molecule has 0 aromatic heterocycles. The first kappa shape index (κ1) is 15.7. The molecule has 1 heterocycles. The van der Waals surface area contributed by atoms with Gasteiger partial charge in [0.2, 0.25) is 0 Å². The quantitative estimate of drug-likeness (QED) is 0.367. The van der Waals surface area contributed by atoms with Crippen molar-refractivity contribution in [1.82, 2.24) is 4.90 Å². The normalized spacial score (nSPS) is 17.0. The standard InChI is InChI=1S/C15H17N3O4/c1-10-4-5-11(18(21)22)8-13(10)17-7-6-14(19)12(15(17)20)9-16(2)3/h4-5,8-9H,6-7H2,1-3H3. The molecule has 0 bridgehead atoms. The first-order valence-electron chi connectivity index (χ1n) is 6.79. The molecule has 1 aliphatic heterocycles. The summed E-state index contributed by atoms with van der Waals surface area (Å²) in [5.41, 5.74) is 1.24. The van der Waals surface area contributed by atoms with Gasteiger partial charge in [-0.15, -0.1) is 0 Å². The first-order chi connectivity index (χ1) is 10.3. The van der Waals surface area contributed by atoms with Crippen molar-refractivity contribution >= 4 is 23.1 Å². The van der Waals surface area contributed by atoms with Gasteiger partial charge in [0, 0.05) is 45.4 Å². The summed E-state index contributed by atoms with van der Waals surface area (Å²) in [4.78, 5) is 38.0. The van der Waals surface area contributed by atoms with Crippen molar-refractivity contribution in [1.29, 1.82) is 0 Å². The number of anilines is 1. The van der Waals surface area contributed by atoms with Gasteiger partial charge in [-0.3, -0.25) is 19.7 Å². The summed E-state index contributed by atoms with van der Waals surface area (Å²) in [5, 5.41) is 10.9. The van der Waals surface area contributed by atoms with E-state index in [4.69, 9.17) is 0 Å². The molecule has 1 saturated heterocycles. The number of nitro benzene ring substituents is 1. The molecule has 0 radical (unpaired) electrons. The summed E-state index contributed by atoms with van der Waals surface area (Å²) in [6.45, 7) is 2.00. The second-order valence-electron chi connectivity index (χ2n) is 5.36. The monoisotopic (exact) mass is 303 g/mol. The van der Waals surface area contributed by atoms with E-state index < -0.39 is 10.8 Å². The topological polar surface area (TPSA) is 83.8 Å². The van der Waals surface area contributed by atoms with E-state index >= 15 is 0 Å². The fourth-order valence-corrected chi connectivity index (χ4v) is 2.33. The third kappa shape index (κ3) is 2.98. The van der Waals surface area contributed by atoms with E-state index in [1.807, 2.05) is 0 Å². The summed E-state index contributed by atoms with van der Waals surface area (Å²) < 4.78 is 0. The lowest BCUT2D eigenvalue weighted by Gasteiger charge is -2.29. The van der Waals surface area contributed by atoms with E-state index in [0.717, 1.165) is 5.56 Å². The number of ketones is 1. The SMILES string of the molecule is Cc1ccc([N+](=O)[O-])cc1N1CCC(=O)C(=CN(C)C)C1=O. The van der Waals surface area contributed by atoms with Crippen LogP contribution in [0.25, 0.3) is 0 Å². The molecule has 1 aromatic rings. The number of carbonyl (C=O) groups excluding carboxylic acids is 2. The van der Waals surface area contributed by atoms with Gasteiger partial charge in [0.15, 0.2) is 5.78 Å². The van der Waals surface area contributed by atoms with Crippen LogP contribution in [0.2, 0.25) is 0 Å². The Bertz CT molecular complexity index is 679. The minimum absolute atomic E-state index is 0.0801. The van der Waals surface area contributed by atoms with Crippen LogP contribution in [-0.4, -0.2) is 42.2 Å². The highest BCUT2D eigenvalue weighted by Crippen LogP contribution is 2.29. The van der Waals surface area contributed by atoms with Gasteiger partial charge in [-0.1, -0.05) is 6.07 Å². The molecule has 0 N–H and O–H groups in total. The van der Waals surface area contributed by atoms with Crippen molar-refractivity contribution in [3.8, 4) is 0 Å². The summed E-state index contributed by atoms with van der Waals surface area (Å²) in [6.07, 6.45) is 1.69. The molecule has 116 valence electrons. The number of hydrogen-bond donors (Lipinski definition) is 0. The van der Waals surface area contributed by atoms with Crippen LogP contribution in [0.5, 0.6) is 0 Å². The largest absolute Gasteiger partial charge is 0.383 e. The maximum atomic E-state index is 12.5. The molecule has 22 heavy (non-hydrogen) atoms. The van der Waals surface area contributed by atoms with Crippen molar-refractivity contribution in [2.75, 3.05) is 25.5 Å². The number of aryl methyl sites for hydroxylation is 1. The molecule has 7 heteroatoms. The Morgan fingerprint density at radius 1 is 1.32 bits per heavy atom. The zero-order valence-electron chi connectivity index (χ0n) is 12.7. The molecule has 2 rings (SSSR count). The average molecular weight is 303 g/mol. The van der Waals surface area contributed by atoms with E-state index in [1.165, 1.54) is 23.2 Å². The summed E-state index contributed by atoms with van der Waals surface area (Å²) in [5.74, 6) is -0.633. The highest BCUT2D eigenvalue weighted by molar-refractivity contribution is 6.26. The Hall–Kier alpha value is -2.70. The van der Waals surface area contributed by atoms with Crippen molar-refractivity contribution in [2.45, 2.75) is 13.3 Å². The lowest BCUT2D eigenvalue weighted by atomic mass is 10.0. The smallest absolute Gasteiger partial charge is 0.271 e. The van der Waals surface area contributed by atoms with Crippen molar-refractivity contribution in [2.24, 2.45) is 0 Å². The molecule has 1 aromatic carbocycles. The van der Waals surface area contributed by atoms with Crippen LogP contribution in [0, 0.1) is 17.0 Å². The van der Waals surface area contributed by atoms with Crippen LogP contribution in [0.15, 0.2) is 30.0 Å². The number of piperidine rings is 1. The molecule has 0 spiro atoms. The van der Waals surface area contributed by atoms with Crippen LogP contribution in [-0.2, 0) is 9.59 Å². The van der Waals surface area contributed by atoms with E-state index in [2.05, 4.69) is 0 Å². The van der Waals surface area contributed by atoms with Gasteiger partial charge in [0.25, 0.3) is 11.6 Å². The number of non-ortho nitro benzene ring substituents is 1.